The number of fused-ring (bicyclic) bond motifs is 1. The van der Waals surface area contributed by atoms with Gasteiger partial charge in [-0.15, -0.1) is 11.8 Å². The monoisotopic (exact) mass is 440 g/mol. The van der Waals surface area contributed by atoms with E-state index in [-0.39, 0.29) is 23.1 Å². The number of hydrogen-bond donors (Lipinski definition) is 1. The van der Waals surface area contributed by atoms with Crippen molar-refractivity contribution in [1.82, 2.24) is 0 Å². The van der Waals surface area contributed by atoms with Crippen molar-refractivity contribution >= 4 is 56.6 Å². The summed E-state index contributed by atoms with van der Waals surface area (Å²) in [6.07, 6.45) is 0. The zero-order valence-electron chi connectivity index (χ0n) is 15.1. The Morgan fingerprint density at radius 2 is 2.04 bits per heavy atom. The molecule has 1 heterocycles. The predicted molar refractivity (Wildman–Crippen MR) is 109 cm³/mol. The molecular weight excluding hydrogens is 424 g/mol. The third-order valence-corrected chi connectivity index (χ3v) is 6.79. The molecule has 2 aromatic rings. The van der Waals surface area contributed by atoms with E-state index in [1.807, 2.05) is 0 Å². The zero-order chi connectivity index (χ0) is 20.5. The van der Waals surface area contributed by atoms with Crippen molar-refractivity contribution in [3.8, 4) is 0 Å². The molecule has 3 rings (SSSR count). The fraction of sp³-hybridized carbons (Fsp3) is 0.222. The van der Waals surface area contributed by atoms with Crippen molar-refractivity contribution in [3.05, 3.63) is 47.0 Å². The van der Waals surface area contributed by atoms with Crippen molar-refractivity contribution in [2.24, 2.45) is 0 Å². The number of benzene rings is 2. The topological polar surface area (TPSA) is 92.8 Å². The highest BCUT2D eigenvalue weighted by Crippen LogP contribution is 2.37. The lowest BCUT2D eigenvalue weighted by atomic mass is 10.2. The lowest BCUT2D eigenvalue weighted by molar-refractivity contribution is -0.139. The first-order chi connectivity index (χ1) is 13.2. The van der Waals surface area contributed by atoms with Gasteiger partial charge in [0.2, 0.25) is 5.91 Å². The molecule has 0 atom stereocenters. The first kappa shape index (κ1) is 20.5. The van der Waals surface area contributed by atoms with Crippen molar-refractivity contribution in [2.45, 2.75) is 16.7 Å². The van der Waals surface area contributed by atoms with E-state index in [4.69, 9.17) is 11.6 Å². The van der Waals surface area contributed by atoms with Crippen LogP contribution in [-0.2, 0) is 24.3 Å². The minimum atomic E-state index is -3.93. The van der Waals surface area contributed by atoms with Gasteiger partial charge in [0.15, 0.2) is 0 Å². The summed E-state index contributed by atoms with van der Waals surface area (Å²) >= 11 is 7.25. The average molecular weight is 441 g/mol. The molecule has 1 aliphatic rings. The third-order valence-electron chi connectivity index (χ3n) is 4.14. The largest absolute Gasteiger partial charge is 0.468 e. The number of ether oxygens (including phenoxy) is 1. The Kier molecular flexibility index (Phi) is 5.87. The maximum Gasteiger partial charge on any atom is 0.325 e. The number of anilines is 2. The SMILES string of the molecule is COC(=O)CN1C(=O)CSc2ccc(S(=O)(=O)Nc3cc(Cl)ccc3C)cc21. The number of aryl methyl sites for hydroxylation is 1. The van der Waals surface area contributed by atoms with E-state index in [0.717, 1.165) is 0 Å². The second-order valence-electron chi connectivity index (χ2n) is 6.04. The van der Waals surface area contributed by atoms with Crippen LogP contribution in [0.25, 0.3) is 0 Å². The minimum Gasteiger partial charge on any atom is -0.468 e. The molecule has 148 valence electrons. The lowest BCUT2D eigenvalue weighted by Gasteiger charge is -2.28. The minimum absolute atomic E-state index is 0.0317. The van der Waals surface area contributed by atoms with Crippen LogP contribution in [0.15, 0.2) is 46.2 Å². The van der Waals surface area contributed by atoms with Gasteiger partial charge in [-0.1, -0.05) is 17.7 Å². The molecule has 0 aromatic heterocycles. The summed E-state index contributed by atoms with van der Waals surface area (Å²) in [5.41, 5.74) is 1.43. The number of carbonyl (C=O) groups is 2. The molecule has 0 spiro atoms. The van der Waals surface area contributed by atoms with Gasteiger partial charge in [-0.3, -0.25) is 19.2 Å². The van der Waals surface area contributed by atoms with Crippen molar-refractivity contribution in [3.63, 3.8) is 0 Å². The van der Waals surface area contributed by atoms with Crippen molar-refractivity contribution < 1.29 is 22.7 Å². The number of sulfonamides is 1. The number of thioether (sulfide) groups is 1. The average Bonchev–Trinajstić information content (AvgIpc) is 2.66. The smallest absolute Gasteiger partial charge is 0.325 e. The van der Waals surface area contributed by atoms with Gasteiger partial charge in [-0.2, -0.15) is 0 Å². The first-order valence-corrected chi connectivity index (χ1v) is 11.0. The molecule has 1 amide bonds. The summed E-state index contributed by atoms with van der Waals surface area (Å²) in [7, 11) is -2.71. The highest BCUT2D eigenvalue weighted by Gasteiger charge is 2.29. The van der Waals surface area contributed by atoms with E-state index in [2.05, 4.69) is 9.46 Å². The molecule has 0 unspecified atom stereocenters. The van der Waals surface area contributed by atoms with Gasteiger partial charge in [-0.25, -0.2) is 8.42 Å². The number of hydrogen-bond acceptors (Lipinski definition) is 6. The molecule has 10 heteroatoms. The highest BCUT2D eigenvalue weighted by molar-refractivity contribution is 8.00. The summed E-state index contributed by atoms with van der Waals surface area (Å²) in [6.45, 7) is 1.47. The molecule has 0 bridgehead atoms. The van der Waals surface area contributed by atoms with Crippen LogP contribution < -0.4 is 9.62 Å². The van der Waals surface area contributed by atoms with Crippen LogP contribution in [0.4, 0.5) is 11.4 Å². The number of esters is 1. The number of carbonyl (C=O) groups excluding carboxylic acids is 2. The molecule has 28 heavy (non-hydrogen) atoms. The van der Waals surface area contributed by atoms with Gasteiger partial charge >= 0.3 is 5.97 Å². The Morgan fingerprint density at radius 1 is 1.29 bits per heavy atom. The standard InChI is InChI=1S/C18H17ClN2O5S2/c1-11-3-4-12(19)7-14(11)20-28(24,25)13-5-6-16-15(8-13)21(9-18(23)26-2)17(22)10-27-16/h3-8,20H,9-10H2,1-2H3. The molecule has 0 radical (unpaired) electrons. The molecule has 0 aliphatic carbocycles. The molecule has 1 N–H and O–H groups in total. The van der Waals surface area contributed by atoms with E-state index in [1.165, 1.54) is 42.0 Å². The van der Waals surface area contributed by atoms with Crippen LogP contribution >= 0.6 is 23.4 Å². The third kappa shape index (κ3) is 4.26. The van der Waals surface area contributed by atoms with E-state index in [0.29, 0.717) is 26.9 Å². The predicted octanol–water partition coefficient (Wildman–Crippen LogP) is 3.06. The maximum absolute atomic E-state index is 12.9. The molecule has 0 saturated carbocycles. The first-order valence-electron chi connectivity index (χ1n) is 8.14. The number of nitrogens with zero attached hydrogens (tertiary/aromatic N) is 1. The van der Waals surface area contributed by atoms with Gasteiger partial charge in [0.05, 0.1) is 29.1 Å². The summed E-state index contributed by atoms with van der Waals surface area (Å²) in [6, 6.07) is 9.36. The second-order valence-corrected chi connectivity index (χ2v) is 9.17. The Labute approximate surface area is 172 Å². The fourth-order valence-corrected chi connectivity index (χ4v) is 4.85. The number of halogens is 1. The highest BCUT2D eigenvalue weighted by atomic mass is 35.5. The Hall–Kier alpha value is -2.23. The van der Waals surface area contributed by atoms with Crippen LogP contribution in [0.3, 0.4) is 0 Å². The van der Waals surface area contributed by atoms with Crippen LogP contribution in [0, 0.1) is 6.92 Å². The van der Waals surface area contributed by atoms with Gasteiger partial charge < -0.3 is 4.74 Å². The normalized spacial score (nSPS) is 13.8. The summed E-state index contributed by atoms with van der Waals surface area (Å²) in [5.74, 6) is -0.723. The molecule has 0 saturated heterocycles. The van der Waals surface area contributed by atoms with Gasteiger partial charge in [0.25, 0.3) is 10.0 Å². The fourth-order valence-electron chi connectivity index (χ4n) is 2.62. The molecule has 7 nitrogen and oxygen atoms in total. The quantitative estimate of drug-likeness (QED) is 0.718. The van der Waals surface area contributed by atoms with Crippen LogP contribution in [-0.4, -0.2) is 39.7 Å². The summed E-state index contributed by atoms with van der Waals surface area (Å²) < 4.78 is 32.9. The molecule has 1 aliphatic heterocycles. The Bertz CT molecular complexity index is 1060. The number of amides is 1. The van der Waals surface area contributed by atoms with Crippen LogP contribution in [0.2, 0.25) is 5.02 Å². The molecular formula is C18H17ClN2O5S2. The summed E-state index contributed by atoms with van der Waals surface area (Å²) in [5, 5.41) is 0.403. The number of methoxy groups -OCH3 is 1. The molecule has 2 aromatic carbocycles. The van der Waals surface area contributed by atoms with Crippen LogP contribution in [0.1, 0.15) is 5.56 Å². The number of rotatable bonds is 5. The van der Waals surface area contributed by atoms with E-state index in [1.54, 1.807) is 25.1 Å². The van der Waals surface area contributed by atoms with Gasteiger partial charge in [0.1, 0.15) is 6.54 Å². The Balaban J connectivity index is 1.98. The van der Waals surface area contributed by atoms with Gasteiger partial charge in [0, 0.05) is 9.92 Å². The maximum atomic E-state index is 12.9. The van der Waals surface area contributed by atoms with Gasteiger partial charge in [-0.05, 0) is 42.8 Å². The zero-order valence-corrected chi connectivity index (χ0v) is 17.5. The van der Waals surface area contributed by atoms with E-state index >= 15 is 0 Å². The molecule has 0 fully saturated rings. The van der Waals surface area contributed by atoms with Crippen LogP contribution in [0.5, 0.6) is 0 Å². The van der Waals surface area contributed by atoms with Crippen molar-refractivity contribution in [1.29, 1.82) is 0 Å². The van der Waals surface area contributed by atoms with E-state index in [9.17, 15) is 18.0 Å². The van der Waals surface area contributed by atoms with E-state index < -0.39 is 16.0 Å². The second kappa shape index (κ2) is 8.02. The Morgan fingerprint density at radius 3 is 2.75 bits per heavy atom. The van der Waals surface area contributed by atoms with Crippen molar-refractivity contribution in [2.75, 3.05) is 29.0 Å². The lowest BCUT2D eigenvalue weighted by Crippen LogP contribution is -2.39. The summed E-state index contributed by atoms with van der Waals surface area (Å²) in [4.78, 5) is 25.8. The number of nitrogens with one attached hydrogen (secondary N) is 1.